The summed E-state index contributed by atoms with van der Waals surface area (Å²) in [4.78, 5) is 29.4. The Morgan fingerprint density at radius 3 is 2.10 bits per heavy atom. The van der Waals surface area contributed by atoms with Crippen molar-refractivity contribution >= 4 is 27.7 Å². The van der Waals surface area contributed by atoms with E-state index in [0.717, 1.165) is 42.8 Å². The van der Waals surface area contributed by atoms with Gasteiger partial charge in [-0.1, -0.05) is 79.2 Å². The minimum atomic E-state index is -4.04. The number of hydrogen-bond acceptors (Lipinski definition) is 4. The monoisotopic (exact) mass is 578 g/mol. The first-order valence-electron chi connectivity index (χ1n) is 13.9. The molecule has 0 bridgehead atoms. The van der Waals surface area contributed by atoms with Crippen molar-refractivity contribution in [3.63, 3.8) is 0 Å². The second kappa shape index (κ2) is 14.3. The van der Waals surface area contributed by atoms with E-state index in [-0.39, 0.29) is 18.9 Å². The molecule has 220 valence electrons. The van der Waals surface area contributed by atoms with Gasteiger partial charge >= 0.3 is 10.2 Å². The normalized spacial score (nSPS) is 12.2. The quantitative estimate of drug-likeness (QED) is 0.326. The van der Waals surface area contributed by atoms with E-state index in [1.807, 2.05) is 94.4 Å². The van der Waals surface area contributed by atoms with E-state index in [1.54, 1.807) is 6.07 Å². The van der Waals surface area contributed by atoms with E-state index in [9.17, 15) is 18.0 Å². The van der Waals surface area contributed by atoms with Gasteiger partial charge < -0.3 is 10.2 Å². The number of benzene rings is 3. The van der Waals surface area contributed by atoms with Crippen molar-refractivity contribution in [3.8, 4) is 0 Å². The maximum Gasteiger partial charge on any atom is 0.304 e. The number of hydrogen-bond donors (Lipinski definition) is 1. The smallest absolute Gasteiger partial charge is 0.304 e. The summed E-state index contributed by atoms with van der Waals surface area (Å²) in [7, 11) is -1.15. The van der Waals surface area contributed by atoms with Crippen LogP contribution in [0.25, 0.3) is 0 Å². The Morgan fingerprint density at radius 2 is 1.49 bits per heavy atom. The maximum atomic E-state index is 14.3. The Bertz CT molecular complexity index is 1420. The molecule has 2 amide bonds. The van der Waals surface area contributed by atoms with Gasteiger partial charge in [0.25, 0.3) is 0 Å². The molecule has 0 aliphatic carbocycles. The van der Waals surface area contributed by atoms with E-state index >= 15 is 0 Å². The van der Waals surface area contributed by atoms with Crippen molar-refractivity contribution in [2.45, 2.75) is 53.1 Å². The Morgan fingerprint density at radius 1 is 0.854 bits per heavy atom. The third-order valence-electron chi connectivity index (χ3n) is 6.95. The first kappa shape index (κ1) is 31.8. The first-order valence-corrected chi connectivity index (χ1v) is 15.3. The minimum Gasteiger partial charge on any atom is -0.354 e. The zero-order valence-corrected chi connectivity index (χ0v) is 25.7. The van der Waals surface area contributed by atoms with Crippen LogP contribution in [-0.4, -0.2) is 62.7 Å². The number of anilines is 1. The van der Waals surface area contributed by atoms with Crippen LogP contribution in [0.3, 0.4) is 0 Å². The number of nitrogens with one attached hydrogen (secondary N) is 1. The molecule has 3 rings (SSSR count). The summed E-state index contributed by atoms with van der Waals surface area (Å²) >= 11 is 0. The van der Waals surface area contributed by atoms with Gasteiger partial charge in [-0.25, -0.2) is 4.31 Å². The van der Waals surface area contributed by atoms with Crippen LogP contribution in [0, 0.1) is 20.8 Å². The molecule has 0 aliphatic rings. The molecule has 0 saturated heterocycles. The van der Waals surface area contributed by atoms with Gasteiger partial charge in [0, 0.05) is 33.6 Å². The van der Waals surface area contributed by atoms with Crippen LogP contribution in [0.1, 0.15) is 41.2 Å². The highest BCUT2D eigenvalue weighted by Crippen LogP contribution is 2.26. The summed E-state index contributed by atoms with van der Waals surface area (Å²) in [6.07, 6.45) is 1.04. The molecule has 0 heterocycles. The van der Waals surface area contributed by atoms with Crippen molar-refractivity contribution in [1.29, 1.82) is 0 Å². The SMILES string of the molecule is CCCNC(=O)[C@H](Cc1ccccc1)N(Cc1ccc(C)cc1)C(=O)CN(c1cc(C)ccc1C)S(=O)(=O)N(C)C. The summed E-state index contributed by atoms with van der Waals surface area (Å²) in [5, 5.41) is 2.96. The van der Waals surface area contributed by atoms with Crippen LogP contribution in [0.2, 0.25) is 0 Å². The first-order chi connectivity index (χ1) is 19.4. The molecule has 0 radical (unpaired) electrons. The predicted octanol–water partition coefficient (Wildman–Crippen LogP) is 4.39. The van der Waals surface area contributed by atoms with E-state index in [1.165, 1.54) is 19.0 Å². The molecule has 3 aromatic rings. The van der Waals surface area contributed by atoms with Gasteiger partial charge in [-0.2, -0.15) is 12.7 Å². The zero-order chi connectivity index (χ0) is 30.2. The van der Waals surface area contributed by atoms with Crippen molar-refractivity contribution in [2.24, 2.45) is 0 Å². The number of aryl methyl sites for hydroxylation is 3. The summed E-state index contributed by atoms with van der Waals surface area (Å²) < 4.78 is 29.4. The lowest BCUT2D eigenvalue weighted by molar-refractivity contribution is -0.140. The number of carbonyl (C=O) groups is 2. The van der Waals surface area contributed by atoms with Crippen molar-refractivity contribution < 1.29 is 18.0 Å². The number of amides is 2. The van der Waals surface area contributed by atoms with E-state index in [0.29, 0.717) is 12.2 Å². The van der Waals surface area contributed by atoms with E-state index < -0.39 is 28.7 Å². The minimum absolute atomic E-state index is 0.152. The largest absolute Gasteiger partial charge is 0.354 e. The molecule has 3 aromatic carbocycles. The van der Waals surface area contributed by atoms with Crippen LogP contribution >= 0.6 is 0 Å². The Hall–Kier alpha value is -3.69. The number of rotatable bonds is 13. The lowest BCUT2D eigenvalue weighted by atomic mass is 10.0. The maximum absolute atomic E-state index is 14.3. The summed E-state index contributed by atoms with van der Waals surface area (Å²) in [6, 6.07) is 22.0. The molecule has 0 saturated carbocycles. The van der Waals surface area contributed by atoms with Crippen molar-refractivity contribution in [1.82, 2.24) is 14.5 Å². The van der Waals surface area contributed by atoms with Crippen LogP contribution in [0.4, 0.5) is 5.69 Å². The average molecular weight is 579 g/mol. The van der Waals surface area contributed by atoms with Gasteiger partial charge in [-0.05, 0) is 55.5 Å². The van der Waals surface area contributed by atoms with E-state index in [2.05, 4.69) is 5.32 Å². The summed E-state index contributed by atoms with van der Waals surface area (Å²) in [5.74, 6) is -0.741. The van der Waals surface area contributed by atoms with Crippen LogP contribution in [0.15, 0.2) is 72.8 Å². The second-order valence-electron chi connectivity index (χ2n) is 10.6. The molecule has 0 fully saturated rings. The van der Waals surface area contributed by atoms with Crippen LogP contribution in [0.5, 0.6) is 0 Å². The Labute approximate surface area is 245 Å². The zero-order valence-electron chi connectivity index (χ0n) is 24.9. The Balaban J connectivity index is 2.11. The molecule has 0 aliphatic heterocycles. The molecule has 0 aromatic heterocycles. The van der Waals surface area contributed by atoms with Gasteiger partial charge in [0.05, 0.1) is 5.69 Å². The fourth-order valence-electron chi connectivity index (χ4n) is 4.50. The van der Waals surface area contributed by atoms with Gasteiger partial charge in [-0.15, -0.1) is 0 Å². The van der Waals surface area contributed by atoms with Crippen LogP contribution in [-0.2, 0) is 32.8 Å². The topological polar surface area (TPSA) is 90.0 Å². The number of carbonyl (C=O) groups excluding carboxylic acids is 2. The average Bonchev–Trinajstić information content (AvgIpc) is 2.95. The third-order valence-corrected chi connectivity index (χ3v) is 8.75. The predicted molar refractivity (Wildman–Crippen MR) is 165 cm³/mol. The summed E-state index contributed by atoms with van der Waals surface area (Å²) in [5.41, 5.74) is 4.84. The molecule has 0 unspecified atom stereocenters. The lowest BCUT2D eigenvalue weighted by Crippen LogP contribution is -2.54. The van der Waals surface area contributed by atoms with Crippen LogP contribution < -0.4 is 9.62 Å². The highest BCUT2D eigenvalue weighted by Gasteiger charge is 2.35. The molecular formula is C32H42N4O4S. The van der Waals surface area contributed by atoms with Gasteiger partial charge in [0.15, 0.2) is 0 Å². The fraction of sp³-hybridized carbons (Fsp3) is 0.375. The standard InChI is InChI=1S/C32H42N4O4S/c1-7-19-33-32(38)30(21-27-11-9-8-10-12-27)35(22-28-17-14-24(2)15-18-28)31(37)23-36(41(39,40)34(5)6)29-20-25(3)13-16-26(29)4/h8-18,20,30H,7,19,21-23H2,1-6H3,(H,33,38)/t30-/m0/s1. The van der Waals surface area contributed by atoms with Crippen molar-refractivity contribution in [3.05, 3.63) is 101 Å². The number of nitrogens with zero attached hydrogens (tertiary/aromatic N) is 3. The van der Waals surface area contributed by atoms with Gasteiger partial charge in [0.2, 0.25) is 11.8 Å². The molecule has 8 nitrogen and oxygen atoms in total. The highest BCUT2D eigenvalue weighted by atomic mass is 32.2. The molecule has 1 atom stereocenters. The van der Waals surface area contributed by atoms with Crippen molar-refractivity contribution in [2.75, 3.05) is 31.5 Å². The molecular weight excluding hydrogens is 536 g/mol. The molecule has 41 heavy (non-hydrogen) atoms. The fourth-order valence-corrected chi connectivity index (χ4v) is 5.61. The van der Waals surface area contributed by atoms with Gasteiger partial charge in [-0.3, -0.25) is 9.59 Å². The van der Waals surface area contributed by atoms with Gasteiger partial charge in [0.1, 0.15) is 12.6 Å². The third kappa shape index (κ3) is 8.41. The Kier molecular flexibility index (Phi) is 11.1. The summed E-state index contributed by atoms with van der Waals surface area (Å²) in [6.45, 7) is 7.82. The molecule has 9 heteroatoms. The van der Waals surface area contributed by atoms with E-state index in [4.69, 9.17) is 0 Å². The molecule has 0 spiro atoms. The lowest BCUT2D eigenvalue weighted by Gasteiger charge is -2.35. The molecule has 1 N–H and O–H groups in total. The second-order valence-corrected chi connectivity index (χ2v) is 12.7. The highest BCUT2D eigenvalue weighted by molar-refractivity contribution is 7.90.